The zero-order chi connectivity index (χ0) is 40.8. The smallest absolute Gasteiger partial charge is 0.335 e. The van der Waals surface area contributed by atoms with Gasteiger partial charge < -0.3 is 24.2 Å². The summed E-state index contributed by atoms with van der Waals surface area (Å²) in [7, 11) is 0. The predicted molar refractivity (Wildman–Crippen MR) is 209 cm³/mol. The van der Waals surface area contributed by atoms with E-state index in [1.165, 1.54) is 0 Å². The number of alkyl halides is 4. The van der Waals surface area contributed by atoms with E-state index in [9.17, 15) is 37.4 Å². The molecule has 306 valence electrons. The van der Waals surface area contributed by atoms with Crippen molar-refractivity contribution in [1.82, 2.24) is 24.0 Å². The molecule has 1 aliphatic heterocycles. The second-order valence-corrected chi connectivity index (χ2v) is 18.4. The molecule has 4 aromatic rings. The lowest BCUT2D eigenvalue weighted by molar-refractivity contribution is -0.0478. The number of benzene rings is 2. The average molecular weight is 784 g/mol. The third kappa shape index (κ3) is 9.57. The minimum atomic E-state index is -2.53. The number of carboxylic acids is 1. The Bertz CT molecular complexity index is 2030. The number of nitrogens with zero attached hydrogens (tertiary/aromatic N) is 5. The third-order valence-electron chi connectivity index (χ3n) is 11.6. The summed E-state index contributed by atoms with van der Waals surface area (Å²) in [4.78, 5) is 35.5. The number of hydrogen-bond acceptors (Lipinski definition) is 5. The maximum absolute atomic E-state index is 13.6. The van der Waals surface area contributed by atoms with E-state index in [0.717, 1.165) is 28.2 Å². The number of carbonyl (C=O) groups excluding carboxylic acids is 1. The Labute approximate surface area is 326 Å². The highest BCUT2D eigenvalue weighted by Crippen LogP contribution is 2.40. The van der Waals surface area contributed by atoms with Crippen LogP contribution in [0.3, 0.4) is 0 Å². The Balaban J connectivity index is 0.000000194. The third-order valence-corrected chi connectivity index (χ3v) is 11.6. The topological polar surface area (TPSA) is 113 Å². The highest BCUT2D eigenvalue weighted by molar-refractivity contribution is 5.97. The summed E-state index contributed by atoms with van der Waals surface area (Å²) >= 11 is 0. The fraction of sp³-hybridized carbons (Fsp3) is 0.628. The molecule has 2 saturated carbocycles. The lowest BCUT2D eigenvalue weighted by Crippen LogP contribution is -2.40. The van der Waals surface area contributed by atoms with Crippen molar-refractivity contribution in [2.24, 2.45) is 11.8 Å². The van der Waals surface area contributed by atoms with Gasteiger partial charge in [-0.3, -0.25) is 4.79 Å². The summed E-state index contributed by atoms with van der Waals surface area (Å²) < 4.78 is 58.3. The average Bonchev–Trinajstić information content (AvgIpc) is 3.68. The highest BCUT2D eigenvalue weighted by atomic mass is 19.3. The van der Waals surface area contributed by atoms with Crippen molar-refractivity contribution >= 4 is 33.9 Å². The first-order chi connectivity index (χ1) is 26.1. The maximum atomic E-state index is 13.6. The van der Waals surface area contributed by atoms with Gasteiger partial charge in [0.1, 0.15) is 11.6 Å². The number of hydrogen-bond donors (Lipinski definition) is 2. The Morgan fingerprint density at radius 2 is 1.07 bits per heavy atom. The number of piperidine rings is 1. The van der Waals surface area contributed by atoms with E-state index < -0.39 is 17.8 Å². The number of halogens is 4. The summed E-state index contributed by atoms with van der Waals surface area (Å²) in [5.74, 6) is -3.89. The van der Waals surface area contributed by atoms with E-state index in [1.807, 2.05) is 18.2 Å². The summed E-state index contributed by atoms with van der Waals surface area (Å²) in [6.45, 7) is 14.9. The molecule has 3 aliphatic rings. The second kappa shape index (κ2) is 15.7. The largest absolute Gasteiger partial charge is 0.478 e. The van der Waals surface area contributed by atoms with Crippen LogP contribution in [0, 0.1) is 11.8 Å². The van der Waals surface area contributed by atoms with E-state index in [0.29, 0.717) is 75.8 Å². The number of rotatable bonds is 6. The molecule has 0 radical (unpaired) electrons. The molecule has 3 fully saturated rings. The van der Waals surface area contributed by atoms with Crippen LogP contribution < -0.4 is 0 Å². The molecule has 3 heterocycles. The summed E-state index contributed by atoms with van der Waals surface area (Å²) in [5, 5.41) is 18.9. The van der Waals surface area contributed by atoms with Crippen LogP contribution >= 0.6 is 0 Å². The van der Waals surface area contributed by atoms with Crippen molar-refractivity contribution in [3.63, 3.8) is 0 Å². The summed E-state index contributed by atoms with van der Waals surface area (Å²) in [6, 6.07) is 10.6. The number of imidazole rings is 2. The summed E-state index contributed by atoms with van der Waals surface area (Å²) in [6.07, 6.45) is 2.74. The van der Waals surface area contributed by atoms with Crippen molar-refractivity contribution in [3.8, 4) is 0 Å². The normalized spacial score (nSPS) is 19.9. The number of fused-ring (bicyclic) bond motifs is 2. The molecule has 2 aromatic heterocycles. The first kappa shape index (κ1) is 41.6. The summed E-state index contributed by atoms with van der Waals surface area (Å²) in [5.41, 5.74) is 3.62. The van der Waals surface area contributed by atoms with Gasteiger partial charge in [0.05, 0.1) is 33.7 Å². The van der Waals surface area contributed by atoms with E-state index in [4.69, 9.17) is 4.98 Å². The van der Waals surface area contributed by atoms with Crippen LogP contribution in [0.5, 0.6) is 0 Å². The molecule has 9 nitrogen and oxygen atoms in total. The Morgan fingerprint density at radius 3 is 1.46 bits per heavy atom. The Hall–Kier alpha value is -4.00. The molecule has 7 rings (SSSR count). The van der Waals surface area contributed by atoms with Gasteiger partial charge in [-0.05, 0) is 86.8 Å². The molecule has 0 spiro atoms. The molecule has 2 N–H and O–H groups in total. The number of amides is 1. The molecule has 1 amide bonds. The minimum absolute atomic E-state index is 0.0322. The minimum Gasteiger partial charge on any atom is -0.478 e. The number of carboxylic acid groups (broad SMARTS) is 1. The van der Waals surface area contributed by atoms with Crippen LogP contribution in [-0.2, 0) is 23.9 Å². The van der Waals surface area contributed by atoms with Crippen molar-refractivity contribution < 1.29 is 37.4 Å². The van der Waals surface area contributed by atoms with E-state index in [2.05, 4.69) is 55.7 Å². The second-order valence-electron chi connectivity index (χ2n) is 18.4. The number of aliphatic hydroxyl groups excluding tert-OH is 1. The highest BCUT2D eigenvalue weighted by Gasteiger charge is 2.37. The van der Waals surface area contributed by atoms with E-state index in [1.54, 1.807) is 23.1 Å². The number of aromatic nitrogens is 4. The molecular weight excluding hydrogens is 726 g/mol. The van der Waals surface area contributed by atoms with Crippen LogP contribution in [0.25, 0.3) is 22.1 Å². The fourth-order valence-electron chi connectivity index (χ4n) is 8.37. The lowest BCUT2D eigenvalue weighted by atomic mass is 9.86. The molecule has 1 saturated heterocycles. The first-order valence-electron chi connectivity index (χ1n) is 20.1. The van der Waals surface area contributed by atoms with Gasteiger partial charge in [-0.15, -0.1) is 0 Å². The Kier molecular flexibility index (Phi) is 11.7. The SMILES string of the molecule is CC(C)(C)c1nc2cc(C(=O)N3CCC(O)CC3)ccc2n1CC1CCC(F)(F)CC1.CC(C)(C)c1nc2cc(C(=O)O)ccc2n1CC1CCC(F)(F)CC1. The fourth-order valence-corrected chi connectivity index (χ4v) is 8.37. The maximum Gasteiger partial charge on any atom is 0.335 e. The van der Waals surface area contributed by atoms with Crippen molar-refractivity contribution in [3.05, 3.63) is 59.2 Å². The zero-order valence-electron chi connectivity index (χ0n) is 33.6. The van der Waals surface area contributed by atoms with Crippen molar-refractivity contribution in [2.75, 3.05) is 13.1 Å². The van der Waals surface area contributed by atoms with Crippen LogP contribution in [-0.4, -0.2) is 77.1 Å². The predicted octanol–water partition coefficient (Wildman–Crippen LogP) is 9.61. The zero-order valence-corrected chi connectivity index (χ0v) is 33.6. The number of aromatic carboxylic acids is 1. The van der Waals surface area contributed by atoms with E-state index in [-0.39, 0.29) is 65.9 Å². The van der Waals surface area contributed by atoms with Crippen LogP contribution in [0.4, 0.5) is 17.6 Å². The molecule has 56 heavy (non-hydrogen) atoms. The van der Waals surface area contributed by atoms with Gasteiger partial charge in [0.15, 0.2) is 0 Å². The Morgan fingerprint density at radius 1 is 0.679 bits per heavy atom. The molecule has 0 atom stereocenters. The van der Waals surface area contributed by atoms with Crippen LogP contribution in [0.15, 0.2) is 36.4 Å². The van der Waals surface area contributed by atoms with Gasteiger partial charge in [-0.25, -0.2) is 32.3 Å². The molecule has 13 heteroatoms. The first-order valence-corrected chi connectivity index (χ1v) is 20.1. The van der Waals surface area contributed by atoms with Crippen molar-refractivity contribution in [2.45, 2.75) is 148 Å². The van der Waals surface area contributed by atoms with Gasteiger partial charge in [-0.1, -0.05) is 41.5 Å². The monoisotopic (exact) mass is 783 g/mol. The lowest BCUT2D eigenvalue weighted by Gasteiger charge is -2.30. The molecule has 0 unspecified atom stereocenters. The molecule has 2 aliphatic carbocycles. The van der Waals surface area contributed by atoms with Crippen LogP contribution in [0.1, 0.15) is 138 Å². The van der Waals surface area contributed by atoms with Gasteiger partial charge in [0, 0.05) is 68.3 Å². The standard InChI is InChI=1S/C24H33F2N3O2.C19H24F2N2O2/c1-23(2,3)22-27-19-14-17(21(31)28-12-8-18(30)9-13-28)4-5-20(19)29(22)15-16-6-10-24(25,26)11-7-16;1-18(2,3)17-22-14-10-13(16(24)25)4-5-15(14)23(17)11-12-6-8-19(20,21)9-7-12/h4-5,14,16,18,30H,6-13,15H2,1-3H3;4-5,10,12H,6-9,11H2,1-3H3,(H,24,25). The van der Waals surface area contributed by atoms with Gasteiger partial charge in [-0.2, -0.15) is 0 Å². The van der Waals surface area contributed by atoms with Gasteiger partial charge in [0.25, 0.3) is 5.91 Å². The quantitative estimate of drug-likeness (QED) is 0.189. The molecule has 2 aromatic carbocycles. The number of aliphatic hydroxyl groups is 1. The molecule has 0 bridgehead atoms. The van der Waals surface area contributed by atoms with Gasteiger partial charge in [0.2, 0.25) is 11.8 Å². The van der Waals surface area contributed by atoms with E-state index >= 15 is 0 Å². The number of carbonyl (C=O) groups is 2. The van der Waals surface area contributed by atoms with Gasteiger partial charge >= 0.3 is 5.97 Å². The molecular formula is C43H57F4N5O4. The van der Waals surface area contributed by atoms with Crippen LogP contribution in [0.2, 0.25) is 0 Å². The number of likely N-dealkylation sites (tertiary alicyclic amines) is 1. The van der Waals surface area contributed by atoms with Crippen molar-refractivity contribution in [1.29, 1.82) is 0 Å².